The van der Waals surface area contributed by atoms with Crippen LogP contribution in [0.4, 0.5) is 0 Å². The van der Waals surface area contributed by atoms with Crippen LogP contribution in [-0.4, -0.2) is 55.1 Å². The molecule has 0 spiro atoms. The van der Waals surface area contributed by atoms with E-state index in [4.69, 9.17) is 0 Å². The van der Waals surface area contributed by atoms with Gasteiger partial charge in [-0.05, 0) is 30.6 Å². The van der Waals surface area contributed by atoms with Crippen molar-refractivity contribution in [2.45, 2.75) is 39.8 Å². The van der Waals surface area contributed by atoms with Crippen molar-refractivity contribution < 1.29 is 0 Å². The minimum absolute atomic E-state index is 0.569. The Kier molecular flexibility index (Phi) is 6.68. The number of rotatable bonds is 7. The van der Waals surface area contributed by atoms with Gasteiger partial charge in [0.25, 0.3) is 0 Å². The van der Waals surface area contributed by atoms with E-state index < -0.39 is 0 Å². The largest absolute Gasteiger partial charge is 0.314 e. The van der Waals surface area contributed by atoms with E-state index in [0.29, 0.717) is 6.04 Å². The monoisotopic (exact) mass is 289 g/mol. The van der Waals surface area contributed by atoms with Crippen LogP contribution in [0.25, 0.3) is 0 Å². The summed E-state index contributed by atoms with van der Waals surface area (Å²) in [5, 5.41) is 3.52. The molecule has 0 aromatic heterocycles. The fourth-order valence-corrected chi connectivity index (χ4v) is 2.96. The minimum Gasteiger partial charge on any atom is -0.314 e. The van der Waals surface area contributed by atoms with Gasteiger partial charge in [-0.25, -0.2) is 0 Å². The van der Waals surface area contributed by atoms with E-state index in [-0.39, 0.29) is 0 Å². The van der Waals surface area contributed by atoms with Crippen molar-refractivity contribution in [1.29, 1.82) is 0 Å². The van der Waals surface area contributed by atoms with Crippen LogP contribution in [0.3, 0.4) is 0 Å². The summed E-state index contributed by atoms with van der Waals surface area (Å²) in [6.07, 6.45) is 1.13. The molecule has 0 bridgehead atoms. The SMILES string of the molecule is CCN1CCN(Cc2ccccc2CCNC(C)C)CC1. The maximum atomic E-state index is 3.52. The second-order valence-corrected chi connectivity index (χ2v) is 6.34. The molecule has 1 aromatic carbocycles. The summed E-state index contributed by atoms with van der Waals surface area (Å²) in [7, 11) is 0. The van der Waals surface area contributed by atoms with Crippen LogP contribution in [0.5, 0.6) is 0 Å². The molecule has 21 heavy (non-hydrogen) atoms. The van der Waals surface area contributed by atoms with Gasteiger partial charge >= 0.3 is 0 Å². The number of nitrogens with one attached hydrogen (secondary N) is 1. The summed E-state index contributed by atoms with van der Waals surface area (Å²) < 4.78 is 0. The lowest BCUT2D eigenvalue weighted by atomic mass is 10.0. The zero-order chi connectivity index (χ0) is 15.1. The molecule has 0 atom stereocenters. The van der Waals surface area contributed by atoms with Crippen LogP contribution in [-0.2, 0) is 13.0 Å². The summed E-state index contributed by atoms with van der Waals surface area (Å²) in [5.74, 6) is 0. The number of nitrogens with zero attached hydrogens (tertiary/aromatic N) is 2. The first-order chi connectivity index (χ1) is 10.2. The molecule has 118 valence electrons. The van der Waals surface area contributed by atoms with Crippen LogP contribution in [0.2, 0.25) is 0 Å². The Hall–Kier alpha value is -0.900. The second kappa shape index (κ2) is 8.52. The molecule has 1 aromatic rings. The van der Waals surface area contributed by atoms with E-state index >= 15 is 0 Å². The molecule has 1 heterocycles. The van der Waals surface area contributed by atoms with Crippen molar-refractivity contribution in [3.8, 4) is 0 Å². The quantitative estimate of drug-likeness (QED) is 0.831. The highest BCUT2D eigenvalue weighted by Gasteiger charge is 2.16. The Bertz CT molecular complexity index is 409. The van der Waals surface area contributed by atoms with E-state index in [2.05, 4.69) is 60.2 Å². The molecular formula is C18H31N3. The first-order valence-corrected chi connectivity index (χ1v) is 8.44. The van der Waals surface area contributed by atoms with Crippen LogP contribution in [0.15, 0.2) is 24.3 Å². The molecule has 1 fully saturated rings. The number of piperazine rings is 1. The first-order valence-electron chi connectivity index (χ1n) is 8.44. The van der Waals surface area contributed by atoms with Crippen LogP contribution < -0.4 is 5.32 Å². The van der Waals surface area contributed by atoms with Gasteiger partial charge in [0.2, 0.25) is 0 Å². The zero-order valence-electron chi connectivity index (χ0n) is 13.9. The predicted molar refractivity (Wildman–Crippen MR) is 90.7 cm³/mol. The lowest BCUT2D eigenvalue weighted by molar-refractivity contribution is 0.131. The molecule has 1 aliphatic heterocycles. The smallest absolute Gasteiger partial charge is 0.0237 e. The molecule has 2 rings (SSSR count). The molecule has 3 nitrogen and oxygen atoms in total. The van der Waals surface area contributed by atoms with Crippen molar-refractivity contribution >= 4 is 0 Å². The molecule has 0 saturated carbocycles. The Morgan fingerprint density at radius 2 is 1.62 bits per heavy atom. The van der Waals surface area contributed by atoms with Gasteiger partial charge in [0.15, 0.2) is 0 Å². The van der Waals surface area contributed by atoms with Gasteiger partial charge in [0.05, 0.1) is 0 Å². The first kappa shape index (κ1) is 16.5. The van der Waals surface area contributed by atoms with Crippen LogP contribution in [0.1, 0.15) is 31.9 Å². The summed E-state index contributed by atoms with van der Waals surface area (Å²) >= 11 is 0. The number of hydrogen-bond donors (Lipinski definition) is 1. The van der Waals surface area contributed by atoms with Gasteiger partial charge in [-0.3, -0.25) is 4.90 Å². The molecule has 0 radical (unpaired) electrons. The highest BCUT2D eigenvalue weighted by Crippen LogP contribution is 2.14. The Morgan fingerprint density at radius 1 is 1.00 bits per heavy atom. The third-order valence-corrected chi connectivity index (χ3v) is 4.37. The van der Waals surface area contributed by atoms with E-state index in [1.165, 1.54) is 43.9 Å². The van der Waals surface area contributed by atoms with Gasteiger partial charge in [-0.15, -0.1) is 0 Å². The van der Waals surface area contributed by atoms with Gasteiger partial charge in [-0.2, -0.15) is 0 Å². The summed E-state index contributed by atoms with van der Waals surface area (Å²) in [5.41, 5.74) is 3.01. The highest BCUT2D eigenvalue weighted by molar-refractivity contribution is 5.27. The molecule has 1 N–H and O–H groups in total. The molecule has 1 aliphatic rings. The highest BCUT2D eigenvalue weighted by atomic mass is 15.3. The van der Waals surface area contributed by atoms with Crippen molar-refractivity contribution in [2.75, 3.05) is 39.3 Å². The lowest BCUT2D eigenvalue weighted by Gasteiger charge is -2.34. The normalized spacial score (nSPS) is 17.5. The lowest BCUT2D eigenvalue weighted by Crippen LogP contribution is -2.45. The van der Waals surface area contributed by atoms with Crippen molar-refractivity contribution in [3.05, 3.63) is 35.4 Å². The fraction of sp³-hybridized carbons (Fsp3) is 0.667. The Balaban J connectivity index is 1.87. The number of benzene rings is 1. The summed E-state index contributed by atoms with van der Waals surface area (Å²) in [6.45, 7) is 14.9. The van der Waals surface area contributed by atoms with E-state index in [1.807, 2.05) is 0 Å². The van der Waals surface area contributed by atoms with Crippen molar-refractivity contribution in [3.63, 3.8) is 0 Å². The molecule has 0 aliphatic carbocycles. The number of hydrogen-bond acceptors (Lipinski definition) is 3. The fourth-order valence-electron chi connectivity index (χ4n) is 2.96. The van der Waals surface area contributed by atoms with Gasteiger partial charge in [0, 0.05) is 38.8 Å². The average Bonchev–Trinajstić information content (AvgIpc) is 2.49. The zero-order valence-corrected chi connectivity index (χ0v) is 13.9. The van der Waals surface area contributed by atoms with Crippen molar-refractivity contribution in [1.82, 2.24) is 15.1 Å². The molecular weight excluding hydrogens is 258 g/mol. The third-order valence-electron chi connectivity index (χ3n) is 4.37. The third kappa shape index (κ3) is 5.42. The molecule has 0 unspecified atom stereocenters. The maximum Gasteiger partial charge on any atom is 0.0237 e. The molecule has 3 heteroatoms. The Labute approximate surface area is 130 Å². The van der Waals surface area contributed by atoms with Crippen LogP contribution >= 0.6 is 0 Å². The standard InChI is InChI=1S/C18H31N3/c1-4-20-11-13-21(14-12-20)15-18-8-6-5-7-17(18)9-10-19-16(2)3/h5-8,16,19H,4,9-15H2,1-3H3. The van der Waals surface area contributed by atoms with Gasteiger partial charge in [-0.1, -0.05) is 45.0 Å². The maximum absolute atomic E-state index is 3.52. The molecule has 1 saturated heterocycles. The van der Waals surface area contributed by atoms with Crippen molar-refractivity contribution in [2.24, 2.45) is 0 Å². The summed E-state index contributed by atoms with van der Waals surface area (Å²) in [4.78, 5) is 5.13. The number of likely N-dealkylation sites (N-methyl/N-ethyl adjacent to an activating group) is 1. The molecule has 0 amide bonds. The average molecular weight is 289 g/mol. The van der Waals surface area contributed by atoms with Crippen LogP contribution in [0, 0.1) is 0 Å². The topological polar surface area (TPSA) is 18.5 Å². The predicted octanol–water partition coefficient (Wildman–Crippen LogP) is 2.36. The summed E-state index contributed by atoms with van der Waals surface area (Å²) in [6, 6.07) is 9.51. The Morgan fingerprint density at radius 3 is 2.24 bits per heavy atom. The van der Waals surface area contributed by atoms with E-state index in [9.17, 15) is 0 Å². The second-order valence-electron chi connectivity index (χ2n) is 6.34. The van der Waals surface area contributed by atoms with E-state index in [1.54, 1.807) is 0 Å². The van der Waals surface area contributed by atoms with Gasteiger partial charge in [0.1, 0.15) is 0 Å². The van der Waals surface area contributed by atoms with E-state index in [0.717, 1.165) is 19.5 Å². The van der Waals surface area contributed by atoms with Gasteiger partial charge < -0.3 is 10.2 Å². The minimum atomic E-state index is 0.569.